The van der Waals surface area contributed by atoms with Gasteiger partial charge in [-0.25, -0.2) is 4.98 Å². The summed E-state index contributed by atoms with van der Waals surface area (Å²) in [6.45, 7) is 27.2. The van der Waals surface area contributed by atoms with Gasteiger partial charge in [0, 0.05) is 44.3 Å². The van der Waals surface area contributed by atoms with Crippen molar-refractivity contribution >= 4 is 32.8 Å². The average Bonchev–Trinajstić information content (AvgIpc) is 3.86. The van der Waals surface area contributed by atoms with Crippen molar-refractivity contribution in [3.8, 4) is 50.9 Å². The smallest absolute Gasteiger partial charge is 0.268 e. The summed E-state index contributed by atoms with van der Waals surface area (Å²) in [5.41, 5.74) is 15.4. The summed E-state index contributed by atoms with van der Waals surface area (Å²) in [7, 11) is 0. The van der Waals surface area contributed by atoms with E-state index < -0.39 is 0 Å². The molecular formula is C64H62N4OPt-2. The molecule has 0 aliphatic rings. The second-order valence-corrected chi connectivity index (χ2v) is 22.7. The molecule has 0 amide bonds. The topological polar surface area (TPSA) is 35.9 Å². The second-order valence-electron chi connectivity index (χ2n) is 22.7. The molecule has 0 aliphatic heterocycles. The van der Waals surface area contributed by atoms with Crippen molar-refractivity contribution in [3.05, 3.63) is 199 Å². The van der Waals surface area contributed by atoms with Gasteiger partial charge in [-0.05, 0) is 102 Å². The van der Waals surface area contributed by atoms with Crippen molar-refractivity contribution in [1.82, 2.24) is 14.1 Å². The molecule has 0 bridgehead atoms. The van der Waals surface area contributed by atoms with Gasteiger partial charge in [-0.3, -0.25) is 4.57 Å². The van der Waals surface area contributed by atoms with Gasteiger partial charge in [0.05, 0.1) is 16.7 Å². The molecule has 0 aliphatic carbocycles. The zero-order chi connectivity index (χ0) is 48.6. The number of para-hydroxylation sites is 2. The molecule has 0 spiro atoms. The van der Waals surface area contributed by atoms with Gasteiger partial charge in [-0.2, -0.15) is 18.2 Å². The van der Waals surface area contributed by atoms with Crippen LogP contribution in [-0.2, 0) is 42.7 Å². The molecule has 0 N–H and O–H groups in total. The van der Waals surface area contributed by atoms with Crippen LogP contribution in [-0.4, -0.2) is 14.1 Å². The van der Waals surface area contributed by atoms with Crippen LogP contribution in [0.2, 0.25) is 0 Å². The van der Waals surface area contributed by atoms with Crippen LogP contribution >= 0.6 is 0 Å². The third-order valence-corrected chi connectivity index (χ3v) is 13.5. The van der Waals surface area contributed by atoms with Gasteiger partial charge >= 0.3 is 0 Å². The summed E-state index contributed by atoms with van der Waals surface area (Å²) in [6, 6.07) is 61.8. The summed E-state index contributed by atoms with van der Waals surface area (Å²) >= 11 is 0. The number of fused-ring (bicyclic) bond motifs is 4. The zero-order valence-electron chi connectivity index (χ0n) is 42.5. The summed E-state index contributed by atoms with van der Waals surface area (Å²) in [6.07, 6.45) is 5.80. The number of imidazole rings is 1. The molecule has 7 aromatic carbocycles. The van der Waals surface area contributed by atoms with E-state index in [1.807, 2.05) is 24.4 Å². The van der Waals surface area contributed by atoms with Crippen LogP contribution in [0.5, 0.6) is 11.5 Å². The van der Waals surface area contributed by atoms with Crippen molar-refractivity contribution in [2.75, 3.05) is 0 Å². The Kier molecular flexibility index (Phi) is 12.5. The SMILES string of the molecule is CC(C)(C)c1ccc(-c2ccc3c(c2)n(-c2[c-]c(Oc4[c-]c5c(cc4)c4ccccc4n5-c4cc(C(C)(C)C)ccn4)ccc2)[c-][n+]3-c2c(-c3cccc(C(C)(C)C)c3)cccc2C(C)(C)C)cc1.[Pt]. The Morgan fingerprint density at radius 1 is 0.500 bits per heavy atom. The van der Waals surface area contributed by atoms with Crippen LogP contribution in [0, 0.1) is 18.5 Å². The zero-order valence-corrected chi connectivity index (χ0v) is 44.8. The van der Waals surface area contributed by atoms with Crippen molar-refractivity contribution in [2.24, 2.45) is 0 Å². The third-order valence-electron chi connectivity index (χ3n) is 13.5. The first-order valence-electron chi connectivity index (χ1n) is 24.2. The molecule has 0 saturated carbocycles. The van der Waals surface area contributed by atoms with E-state index in [0.717, 1.165) is 66.7 Å². The van der Waals surface area contributed by atoms with E-state index in [4.69, 9.17) is 9.72 Å². The number of nitrogens with zero attached hydrogens (tertiary/aromatic N) is 4. The minimum atomic E-state index is -0.175. The van der Waals surface area contributed by atoms with Crippen molar-refractivity contribution in [3.63, 3.8) is 0 Å². The van der Waals surface area contributed by atoms with Crippen LogP contribution in [0.1, 0.15) is 105 Å². The molecule has 6 heteroatoms. The number of benzene rings is 7. The molecule has 5 nitrogen and oxygen atoms in total. The van der Waals surface area contributed by atoms with E-state index in [-0.39, 0.29) is 42.7 Å². The maximum absolute atomic E-state index is 6.75. The normalized spacial score (nSPS) is 12.5. The molecule has 0 unspecified atom stereocenters. The number of rotatable bonds is 7. The van der Waals surface area contributed by atoms with E-state index in [2.05, 4.69) is 249 Å². The average molecular weight is 1100 g/mol. The summed E-state index contributed by atoms with van der Waals surface area (Å²) in [4.78, 5) is 4.88. The number of ether oxygens (including phenoxy) is 1. The number of aromatic nitrogens is 4. The van der Waals surface area contributed by atoms with Crippen molar-refractivity contribution < 1.29 is 30.4 Å². The fraction of sp³-hybridized carbons (Fsp3) is 0.250. The Morgan fingerprint density at radius 3 is 1.90 bits per heavy atom. The van der Waals surface area contributed by atoms with Crippen molar-refractivity contribution in [1.29, 1.82) is 0 Å². The standard InChI is InChI=1S/C64H62N4O.Pt/c1-61(2,3)45-29-26-42(27-30-45)43-28-33-56-58(37-43)66(41-67(56)60-51(23-17-24-54(60)64(10,11)12)44-18-15-19-46(36-44)62(4,5)6)48-20-16-21-49(39-48)69-50-31-32-53-52-22-13-14-25-55(52)68(57(53)40-50)59-38-47(34-35-65-59)63(7,8)9;/h13-38H,1-12H3;/q-2;. The maximum Gasteiger partial charge on any atom is 0.268 e. The molecule has 0 fully saturated rings. The maximum atomic E-state index is 6.75. The molecule has 3 aromatic heterocycles. The monoisotopic (exact) mass is 1100 g/mol. The van der Waals surface area contributed by atoms with E-state index in [0.29, 0.717) is 11.5 Å². The molecule has 0 radical (unpaired) electrons. The second kappa shape index (κ2) is 18.0. The molecule has 3 heterocycles. The first-order valence-corrected chi connectivity index (χ1v) is 24.2. The van der Waals surface area contributed by atoms with Gasteiger partial charge < -0.3 is 13.9 Å². The Morgan fingerprint density at radius 2 is 1.17 bits per heavy atom. The molecule has 356 valence electrons. The van der Waals surface area contributed by atoms with Gasteiger partial charge in [-0.1, -0.05) is 186 Å². The minimum Gasteiger partial charge on any atom is -0.510 e. The quantitative estimate of drug-likeness (QED) is 0.118. The predicted molar refractivity (Wildman–Crippen MR) is 286 cm³/mol. The van der Waals surface area contributed by atoms with Crippen molar-refractivity contribution in [2.45, 2.75) is 105 Å². The molecule has 10 rings (SSSR count). The van der Waals surface area contributed by atoms with Gasteiger partial charge in [0.2, 0.25) is 0 Å². The molecule has 0 saturated heterocycles. The third kappa shape index (κ3) is 9.17. The molecular weight excluding hydrogens is 1040 g/mol. The van der Waals surface area contributed by atoms with Gasteiger partial charge in [-0.15, -0.1) is 29.7 Å². The van der Waals surface area contributed by atoms with Crippen LogP contribution in [0.25, 0.3) is 72.3 Å². The van der Waals surface area contributed by atoms with Gasteiger partial charge in [0.25, 0.3) is 6.33 Å². The number of hydrogen-bond donors (Lipinski definition) is 0. The number of pyridine rings is 1. The Balaban J connectivity index is 0.00000608. The van der Waals surface area contributed by atoms with Crippen LogP contribution < -0.4 is 9.30 Å². The van der Waals surface area contributed by atoms with E-state index in [1.54, 1.807) is 0 Å². The summed E-state index contributed by atoms with van der Waals surface area (Å²) < 4.78 is 13.4. The predicted octanol–water partition coefficient (Wildman–Crippen LogP) is 16.1. The summed E-state index contributed by atoms with van der Waals surface area (Å²) in [5.74, 6) is 2.01. The fourth-order valence-electron chi connectivity index (χ4n) is 9.50. The minimum absolute atomic E-state index is 0. The Hall–Kier alpha value is -6.55. The van der Waals surface area contributed by atoms with Gasteiger partial charge in [0.15, 0.2) is 0 Å². The molecule has 0 atom stereocenters. The molecule has 10 aromatic rings. The fourth-order valence-corrected chi connectivity index (χ4v) is 9.50. The van der Waals surface area contributed by atoms with E-state index in [9.17, 15) is 0 Å². The van der Waals surface area contributed by atoms with E-state index >= 15 is 0 Å². The van der Waals surface area contributed by atoms with Crippen LogP contribution in [0.15, 0.2) is 158 Å². The van der Waals surface area contributed by atoms with Gasteiger partial charge in [0.1, 0.15) is 5.82 Å². The largest absolute Gasteiger partial charge is 0.510 e. The first kappa shape index (κ1) is 48.5. The Bertz CT molecular complexity index is 3570. The first-order chi connectivity index (χ1) is 32.7. The Labute approximate surface area is 429 Å². The van der Waals surface area contributed by atoms with Crippen LogP contribution in [0.3, 0.4) is 0 Å². The number of hydrogen-bond acceptors (Lipinski definition) is 2. The summed E-state index contributed by atoms with van der Waals surface area (Å²) in [5, 5.41) is 2.22. The van der Waals surface area contributed by atoms with Crippen LogP contribution in [0.4, 0.5) is 0 Å². The molecule has 70 heavy (non-hydrogen) atoms. The van der Waals surface area contributed by atoms with E-state index in [1.165, 1.54) is 27.8 Å².